The van der Waals surface area contributed by atoms with E-state index in [0.717, 1.165) is 29.5 Å². The summed E-state index contributed by atoms with van der Waals surface area (Å²) < 4.78 is 1.75. The summed E-state index contributed by atoms with van der Waals surface area (Å²) in [6.45, 7) is 2.84. The highest BCUT2D eigenvalue weighted by Gasteiger charge is 2.09. The second kappa shape index (κ2) is 8.42. The van der Waals surface area contributed by atoms with Crippen LogP contribution >= 0.6 is 0 Å². The summed E-state index contributed by atoms with van der Waals surface area (Å²) in [5, 5.41) is 9.94. The Morgan fingerprint density at radius 3 is 2.81 bits per heavy atom. The van der Waals surface area contributed by atoms with Crippen LogP contribution in [0.25, 0.3) is 22.2 Å². The van der Waals surface area contributed by atoms with Gasteiger partial charge in [-0.15, -0.1) is 0 Å². The summed E-state index contributed by atoms with van der Waals surface area (Å²) >= 11 is 0. The Hall–Kier alpha value is -2.96. The predicted octanol–water partition coefficient (Wildman–Crippen LogP) is 3.73. The Bertz CT molecular complexity index is 889. The first kappa shape index (κ1) is 17.8. The van der Waals surface area contributed by atoms with Crippen LogP contribution in [0.2, 0.25) is 0 Å². The third kappa shape index (κ3) is 4.36. The van der Waals surface area contributed by atoms with Gasteiger partial charge in [0.1, 0.15) is 5.52 Å². The van der Waals surface area contributed by atoms with Crippen LogP contribution < -0.4 is 10.6 Å². The number of hydrogen-bond acceptors (Lipinski definition) is 4. The van der Waals surface area contributed by atoms with Gasteiger partial charge in [0.2, 0.25) is 0 Å². The molecular formula is C19H24N6O. The number of fused-ring (bicyclic) bond motifs is 1. The van der Waals surface area contributed by atoms with Crippen molar-refractivity contribution in [2.24, 2.45) is 7.05 Å². The lowest BCUT2D eigenvalue weighted by atomic mass is 10.1. The van der Waals surface area contributed by atoms with E-state index >= 15 is 0 Å². The van der Waals surface area contributed by atoms with Crippen molar-refractivity contribution in [2.75, 3.05) is 11.9 Å². The number of amides is 2. The monoisotopic (exact) mass is 352 g/mol. The highest BCUT2D eigenvalue weighted by molar-refractivity contribution is 5.98. The smallest absolute Gasteiger partial charge is 0.319 e. The van der Waals surface area contributed by atoms with E-state index in [9.17, 15) is 4.79 Å². The van der Waals surface area contributed by atoms with Gasteiger partial charge < -0.3 is 10.6 Å². The van der Waals surface area contributed by atoms with Crippen LogP contribution in [0.1, 0.15) is 32.6 Å². The molecule has 0 radical (unpaired) electrons. The molecule has 3 aromatic heterocycles. The Morgan fingerprint density at radius 2 is 2.04 bits per heavy atom. The summed E-state index contributed by atoms with van der Waals surface area (Å²) in [5.74, 6) is 0. The number of anilines is 1. The van der Waals surface area contributed by atoms with Gasteiger partial charge in [0, 0.05) is 43.3 Å². The molecule has 7 heteroatoms. The van der Waals surface area contributed by atoms with Gasteiger partial charge in [0.25, 0.3) is 0 Å². The average molecular weight is 352 g/mol. The number of nitrogens with one attached hydrogen (secondary N) is 2. The van der Waals surface area contributed by atoms with Crippen molar-refractivity contribution in [1.82, 2.24) is 25.1 Å². The number of unbranched alkanes of at least 4 members (excludes halogenated alkanes) is 3. The Kier molecular flexibility index (Phi) is 5.78. The summed E-state index contributed by atoms with van der Waals surface area (Å²) in [7, 11) is 1.87. The largest absolute Gasteiger partial charge is 0.338 e. The van der Waals surface area contributed by atoms with Gasteiger partial charge in [-0.2, -0.15) is 5.10 Å². The molecule has 136 valence electrons. The summed E-state index contributed by atoms with van der Waals surface area (Å²) in [4.78, 5) is 21.0. The second-order valence-corrected chi connectivity index (χ2v) is 6.29. The molecule has 0 atom stereocenters. The number of hydrogen-bond donors (Lipinski definition) is 2. The zero-order valence-corrected chi connectivity index (χ0v) is 15.2. The van der Waals surface area contributed by atoms with Crippen LogP contribution in [0.15, 0.2) is 36.9 Å². The van der Waals surface area contributed by atoms with E-state index in [1.807, 2.05) is 19.3 Å². The predicted molar refractivity (Wildman–Crippen MR) is 103 cm³/mol. The average Bonchev–Trinajstić information content (AvgIpc) is 3.08. The van der Waals surface area contributed by atoms with E-state index in [1.54, 1.807) is 29.3 Å². The molecule has 26 heavy (non-hydrogen) atoms. The van der Waals surface area contributed by atoms with Crippen LogP contribution in [-0.4, -0.2) is 32.3 Å². The van der Waals surface area contributed by atoms with Gasteiger partial charge in [0.15, 0.2) is 0 Å². The summed E-state index contributed by atoms with van der Waals surface area (Å²) in [6.07, 6.45) is 11.7. The maximum Gasteiger partial charge on any atom is 0.319 e. The molecule has 7 nitrogen and oxygen atoms in total. The number of urea groups is 1. The van der Waals surface area contributed by atoms with Crippen LogP contribution in [-0.2, 0) is 7.05 Å². The van der Waals surface area contributed by atoms with E-state index in [2.05, 4.69) is 32.6 Å². The summed E-state index contributed by atoms with van der Waals surface area (Å²) in [6, 6.07) is 3.50. The zero-order chi connectivity index (χ0) is 18.4. The lowest BCUT2D eigenvalue weighted by molar-refractivity contribution is 0.252. The molecule has 0 aliphatic carbocycles. The quantitative estimate of drug-likeness (QED) is 0.635. The number of carbonyl (C=O) groups excluding carboxylic acids is 1. The summed E-state index contributed by atoms with van der Waals surface area (Å²) in [5.41, 5.74) is 3.97. The SMILES string of the molecule is CCCCCCNC(=O)Nc1ccnc2cc(-c3cnn(C)c3)cnc12. The molecule has 0 unspecified atom stereocenters. The molecule has 3 rings (SSSR count). The highest BCUT2D eigenvalue weighted by Crippen LogP contribution is 2.24. The van der Waals surface area contributed by atoms with Gasteiger partial charge >= 0.3 is 6.03 Å². The lowest BCUT2D eigenvalue weighted by Gasteiger charge is -2.09. The van der Waals surface area contributed by atoms with Crippen molar-refractivity contribution in [3.8, 4) is 11.1 Å². The maximum absolute atomic E-state index is 12.1. The fourth-order valence-corrected chi connectivity index (χ4v) is 2.78. The minimum absolute atomic E-state index is 0.216. The molecule has 3 aromatic rings. The first-order valence-corrected chi connectivity index (χ1v) is 8.96. The molecule has 3 heterocycles. The van der Waals surface area contributed by atoms with E-state index in [4.69, 9.17) is 0 Å². The minimum atomic E-state index is -0.216. The molecule has 0 bridgehead atoms. The topological polar surface area (TPSA) is 84.7 Å². The van der Waals surface area contributed by atoms with Crippen LogP contribution in [0.5, 0.6) is 0 Å². The molecule has 2 amide bonds. The number of nitrogens with zero attached hydrogens (tertiary/aromatic N) is 4. The fourth-order valence-electron chi connectivity index (χ4n) is 2.78. The van der Waals surface area contributed by atoms with Crippen LogP contribution in [0.3, 0.4) is 0 Å². The van der Waals surface area contributed by atoms with Crippen LogP contribution in [0.4, 0.5) is 10.5 Å². The van der Waals surface area contributed by atoms with E-state index < -0.39 is 0 Å². The van der Waals surface area contributed by atoms with Crippen molar-refractivity contribution in [2.45, 2.75) is 32.6 Å². The highest BCUT2D eigenvalue weighted by atomic mass is 16.2. The molecule has 0 fully saturated rings. The Balaban J connectivity index is 1.70. The van der Waals surface area contributed by atoms with Crippen LogP contribution in [0, 0.1) is 0 Å². The maximum atomic E-state index is 12.1. The number of pyridine rings is 2. The van der Waals surface area contributed by atoms with Crippen molar-refractivity contribution < 1.29 is 4.79 Å². The number of rotatable bonds is 7. The van der Waals surface area contributed by atoms with Gasteiger partial charge in [-0.1, -0.05) is 26.2 Å². The van der Waals surface area contributed by atoms with Gasteiger partial charge in [-0.05, 0) is 18.6 Å². The Labute approximate surface area is 152 Å². The molecule has 0 aliphatic heterocycles. The molecule has 0 aromatic carbocycles. The third-order valence-electron chi connectivity index (χ3n) is 4.18. The first-order chi connectivity index (χ1) is 12.7. The van der Waals surface area contributed by atoms with Gasteiger partial charge in [-0.3, -0.25) is 14.6 Å². The minimum Gasteiger partial charge on any atom is -0.338 e. The molecule has 0 saturated heterocycles. The Morgan fingerprint density at radius 1 is 1.15 bits per heavy atom. The van der Waals surface area contributed by atoms with Crippen molar-refractivity contribution in [3.05, 3.63) is 36.9 Å². The number of aromatic nitrogens is 4. The van der Waals surface area contributed by atoms with E-state index in [0.29, 0.717) is 17.7 Å². The lowest BCUT2D eigenvalue weighted by Crippen LogP contribution is -2.29. The van der Waals surface area contributed by atoms with E-state index in [1.165, 1.54) is 12.8 Å². The third-order valence-corrected chi connectivity index (χ3v) is 4.18. The first-order valence-electron chi connectivity index (χ1n) is 8.96. The van der Waals surface area contributed by atoms with Gasteiger partial charge in [-0.25, -0.2) is 4.79 Å². The van der Waals surface area contributed by atoms with E-state index in [-0.39, 0.29) is 6.03 Å². The zero-order valence-electron chi connectivity index (χ0n) is 15.2. The van der Waals surface area contributed by atoms with Crippen molar-refractivity contribution in [1.29, 1.82) is 0 Å². The second-order valence-electron chi connectivity index (χ2n) is 6.29. The molecule has 0 spiro atoms. The number of carbonyl (C=O) groups is 1. The molecule has 0 saturated carbocycles. The molecule has 2 N–H and O–H groups in total. The molecular weight excluding hydrogens is 328 g/mol. The fraction of sp³-hybridized carbons (Fsp3) is 0.368. The van der Waals surface area contributed by atoms with Crippen molar-refractivity contribution >= 4 is 22.8 Å². The number of aryl methyl sites for hydroxylation is 1. The van der Waals surface area contributed by atoms with Crippen molar-refractivity contribution in [3.63, 3.8) is 0 Å². The van der Waals surface area contributed by atoms with Gasteiger partial charge in [0.05, 0.1) is 17.4 Å². The molecule has 0 aliphatic rings. The standard InChI is InChI=1S/C19H24N6O/c1-3-4-5-6-8-21-19(26)24-16-7-9-20-17-10-14(11-22-18(16)17)15-12-23-25(2)13-15/h7,9-13H,3-6,8H2,1-2H3,(H2,20,21,24,26). The normalized spacial score (nSPS) is 10.8.